The van der Waals surface area contributed by atoms with Crippen molar-refractivity contribution >= 4 is 23.2 Å². The number of carbonyl (C=O) groups is 1. The number of nitrogens with one attached hydrogen (secondary N) is 1. The second-order valence-corrected chi connectivity index (χ2v) is 7.88. The highest BCUT2D eigenvalue weighted by atomic mass is 35.5. The van der Waals surface area contributed by atoms with Crippen LogP contribution in [0.4, 0.5) is 5.69 Å². The molecular formula is C22H28ClN3O2. The Bertz CT molecular complexity index is 854. The van der Waals surface area contributed by atoms with Gasteiger partial charge in [0.05, 0.1) is 18.7 Å². The van der Waals surface area contributed by atoms with Crippen molar-refractivity contribution in [1.82, 2.24) is 10.2 Å². The van der Waals surface area contributed by atoms with Crippen LogP contribution in [0.25, 0.3) is 0 Å². The van der Waals surface area contributed by atoms with Crippen LogP contribution in [0.5, 0.6) is 5.75 Å². The number of rotatable bonds is 6. The number of likely N-dealkylation sites (N-methyl/N-ethyl adjacent to an activating group) is 1. The van der Waals surface area contributed by atoms with Crippen LogP contribution in [-0.4, -0.2) is 52.1 Å². The Morgan fingerprint density at radius 3 is 2.79 bits per heavy atom. The molecule has 0 saturated carbocycles. The lowest BCUT2D eigenvalue weighted by Crippen LogP contribution is -2.35. The first-order valence-electron chi connectivity index (χ1n) is 9.53. The normalized spacial score (nSPS) is 14.6. The molecule has 1 heterocycles. The van der Waals surface area contributed by atoms with Gasteiger partial charge >= 0.3 is 0 Å². The van der Waals surface area contributed by atoms with Gasteiger partial charge in [0, 0.05) is 30.8 Å². The Morgan fingerprint density at radius 2 is 2.07 bits per heavy atom. The zero-order valence-electron chi connectivity index (χ0n) is 17.0. The van der Waals surface area contributed by atoms with Gasteiger partial charge in [-0.3, -0.25) is 4.79 Å². The molecule has 28 heavy (non-hydrogen) atoms. The largest absolute Gasteiger partial charge is 0.496 e. The molecule has 0 fully saturated rings. The first-order chi connectivity index (χ1) is 13.4. The summed E-state index contributed by atoms with van der Waals surface area (Å²) < 4.78 is 5.30. The molecule has 0 bridgehead atoms. The molecule has 0 radical (unpaired) electrons. The van der Waals surface area contributed by atoms with E-state index in [1.165, 1.54) is 23.2 Å². The van der Waals surface area contributed by atoms with Crippen LogP contribution in [0, 0.1) is 0 Å². The number of aryl methyl sites for hydroxylation is 1. The standard InChI is InChI=1S/C22H28ClN3O2/c1-25(2)20(16-7-9-19-15(12-16)6-5-11-26(19)3)14-24-22(27)18-13-17(23)8-10-21(18)28-4/h7-10,12-13,20H,5-6,11,14H2,1-4H3,(H,24,27)/t20-/m0/s1. The smallest absolute Gasteiger partial charge is 0.255 e. The number of amides is 1. The average molecular weight is 402 g/mol. The third kappa shape index (κ3) is 4.42. The number of nitrogens with zero attached hydrogens (tertiary/aromatic N) is 2. The summed E-state index contributed by atoms with van der Waals surface area (Å²) in [5, 5.41) is 3.55. The van der Waals surface area contributed by atoms with Gasteiger partial charge in [0.2, 0.25) is 0 Å². The fourth-order valence-corrected chi connectivity index (χ4v) is 3.93. The summed E-state index contributed by atoms with van der Waals surface area (Å²) in [5.74, 6) is 0.323. The minimum atomic E-state index is -0.191. The van der Waals surface area contributed by atoms with E-state index in [-0.39, 0.29) is 11.9 Å². The van der Waals surface area contributed by atoms with Gasteiger partial charge in [-0.15, -0.1) is 0 Å². The highest BCUT2D eigenvalue weighted by molar-refractivity contribution is 6.31. The molecule has 0 spiro atoms. The van der Waals surface area contributed by atoms with Gasteiger partial charge in [0.1, 0.15) is 5.75 Å². The Kier molecular flexibility index (Phi) is 6.47. The number of carbonyl (C=O) groups excluding carboxylic acids is 1. The lowest BCUT2D eigenvalue weighted by atomic mass is 9.96. The summed E-state index contributed by atoms with van der Waals surface area (Å²) >= 11 is 6.06. The van der Waals surface area contributed by atoms with Crippen LogP contribution in [0.3, 0.4) is 0 Å². The van der Waals surface area contributed by atoms with Gasteiger partial charge in [-0.2, -0.15) is 0 Å². The van der Waals surface area contributed by atoms with E-state index >= 15 is 0 Å². The van der Waals surface area contributed by atoms with E-state index in [1.54, 1.807) is 25.3 Å². The Balaban J connectivity index is 1.77. The Morgan fingerprint density at radius 1 is 1.29 bits per heavy atom. The predicted molar refractivity (Wildman–Crippen MR) is 115 cm³/mol. The van der Waals surface area contributed by atoms with Crippen LogP contribution >= 0.6 is 11.6 Å². The summed E-state index contributed by atoms with van der Waals surface area (Å²) in [6.07, 6.45) is 2.27. The lowest BCUT2D eigenvalue weighted by Gasteiger charge is -2.30. The predicted octanol–water partition coefficient (Wildman–Crippen LogP) is 3.76. The summed E-state index contributed by atoms with van der Waals surface area (Å²) in [5.41, 5.74) is 4.33. The number of anilines is 1. The summed E-state index contributed by atoms with van der Waals surface area (Å²) in [4.78, 5) is 17.2. The van der Waals surface area contributed by atoms with E-state index < -0.39 is 0 Å². The highest BCUT2D eigenvalue weighted by Gasteiger charge is 2.21. The van der Waals surface area contributed by atoms with Gasteiger partial charge < -0.3 is 19.9 Å². The molecule has 150 valence electrons. The van der Waals surface area contributed by atoms with E-state index in [1.807, 2.05) is 14.1 Å². The minimum Gasteiger partial charge on any atom is -0.496 e. The van der Waals surface area contributed by atoms with Crippen LogP contribution in [0.1, 0.15) is 33.9 Å². The van der Waals surface area contributed by atoms with Gasteiger partial charge in [-0.05, 0) is 62.3 Å². The van der Waals surface area contributed by atoms with E-state index in [4.69, 9.17) is 16.3 Å². The fraction of sp³-hybridized carbons (Fsp3) is 0.409. The van der Waals surface area contributed by atoms with Crippen molar-refractivity contribution < 1.29 is 9.53 Å². The van der Waals surface area contributed by atoms with Gasteiger partial charge in [-0.1, -0.05) is 23.7 Å². The molecule has 3 rings (SSSR count). The monoisotopic (exact) mass is 401 g/mol. The van der Waals surface area contributed by atoms with Crippen molar-refractivity contribution in [3.05, 3.63) is 58.1 Å². The summed E-state index contributed by atoms with van der Waals surface area (Å²) in [6.45, 7) is 1.59. The van der Waals surface area contributed by atoms with Crippen molar-refractivity contribution in [1.29, 1.82) is 0 Å². The molecule has 1 amide bonds. The molecule has 2 aromatic carbocycles. The molecule has 0 saturated heterocycles. The quantitative estimate of drug-likeness (QED) is 0.800. The molecular weight excluding hydrogens is 374 g/mol. The molecule has 2 aromatic rings. The van der Waals surface area contributed by atoms with Crippen molar-refractivity contribution in [3.8, 4) is 5.75 Å². The molecule has 5 nitrogen and oxygen atoms in total. The maximum atomic E-state index is 12.7. The van der Waals surface area contributed by atoms with Crippen LogP contribution in [0.15, 0.2) is 36.4 Å². The minimum absolute atomic E-state index is 0.0756. The first-order valence-corrected chi connectivity index (χ1v) is 9.90. The molecule has 1 atom stereocenters. The number of ether oxygens (including phenoxy) is 1. The number of benzene rings is 2. The van der Waals surface area contributed by atoms with Gasteiger partial charge in [0.15, 0.2) is 0 Å². The Labute approximate surface area is 172 Å². The second kappa shape index (κ2) is 8.84. The number of halogens is 1. The zero-order chi connectivity index (χ0) is 20.3. The molecule has 1 aliphatic rings. The average Bonchev–Trinajstić information content (AvgIpc) is 2.67. The highest BCUT2D eigenvalue weighted by Crippen LogP contribution is 2.30. The topological polar surface area (TPSA) is 44.8 Å². The molecule has 1 aliphatic heterocycles. The van der Waals surface area contributed by atoms with Crippen LogP contribution in [0.2, 0.25) is 5.02 Å². The van der Waals surface area contributed by atoms with Gasteiger partial charge in [-0.25, -0.2) is 0 Å². The van der Waals surface area contributed by atoms with Gasteiger partial charge in [0.25, 0.3) is 5.91 Å². The van der Waals surface area contributed by atoms with Crippen LogP contribution in [-0.2, 0) is 6.42 Å². The van der Waals surface area contributed by atoms with Crippen molar-refractivity contribution in [2.75, 3.05) is 46.2 Å². The maximum absolute atomic E-state index is 12.7. The van der Waals surface area contributed by atoms with Crippen LogP contribution < -0.4 is 15.0 Å². The van der Waals surface area contributed by atoms with Crippen molar-refractivity contribution in [2.24, 2.45) is 0 Å². The number of fused-ring (bicyclic) bond motifs is 1. The third-order valence-corrected chi connectivity index (χ3v) is 5.56. The SMILES string of the molecule is COc1ccc(Cl)cc1C(=O)NC[C@@H](c1ccc2c(c1)CCCN2C)N(C)C. The molecule has 0 aliphatic carbocycles. The maximum Gasteiger partial charge on any atom is 0.255 e. The fourth-order valence-electron chi connectivity index (χ4n) is 3.75. The molecule has 6 heteroatoms. The molecule has 0 unspecified atom stereocenters. The summed E-state index contributed by atoms with van der Waals surface area (Å²) in [6, 6.07) is 11.8. The van der Waals surface area contributed by atoms with Crippen molar-refractivity contribution in [3.63, 3.8) is 0 Å². The number of methoxy groups -OCH3 is 1. The molecule has 1 N–H and O–H groups in total. The Hall–Kier alpha value is -2.24. The van der Waals surface area contributed by atoms with E-state index in [9.17, 15) is 4.79 Å². The lowest BCUT2D eigenvalue weighted by molar-refractivity contribution is 0.0939. The number of hydrogen-bond acceptors (Lipinski definition) is 4. The molecule has 0 aromatic heterocycles. The third-order valence-electron chi connectivity index (χ3n) is 5.32. The second-order valence-electron chi connectivity index (χ2n) is 7.45. The zero-order valence-corrected chi connectivity index (χ0v) is 17.7. The summed E-state index contributed by atoms with van der Waals surface area (Å²) in [7, 11) is 7.75. The van der Waals surface area contributed by atoms with E-state index in [0.29, 0.717) is 22.9 Å². The first kappa shape index (κ1) is 20.5. The van der Waals surface area contributed by atoms with E-state index in [0.717, 1.165) is 13.0 Å². The number of hydrogen-bond donors (Lipinski definition) is 1. The van der Waals surface area contributed by atoms with Crippen molar-refractivity contribution in [2.45, 2.75) is 18.9 Å². The van der Waals surface area contributed by atoms with E-state index in [2.05, 4.69) is 40.4 Å².